The van der Waals surface area contributed by atoms with Gasteiger partial charge in [0, 0.05) is 0 Å². The van der Waals surface area contributed by atoms with Crippen LogP contribution in [0.1, 0.15) is 17.2 Å². The number of hydrogen-bond acceptors (Lipinski definition) is 6. The molecule has 156 valence electrons. The number of ether oxygens (including phenoxy) is 5. The number of rotatable bonds is 3. The molecule has 0 fully saturated rings. The molecule has 2 aromatic carbocycles. The molecule has 29 heavy (non-hydrogen) atoms. The average Bonchev–Trinajstić information content (AvgIpc) is 2.77. The third kappa shape index (κ3) is 7.51. The first-order chi connectivity index (χ1) is 14.3. The molecule has 1 heterocycles. The molecule has 0 amide bonds. The lowest BCUT2D eigenvalue weighted by atomic mass is 10.1. The highest BCUT2D eigenvalue weighted by Crippen LogP contribution is 2.29. The maximum atomic E-state index is 10.3. The largest absolute Gasteiger partial charge is 0.487 e. The smallest absolute Gasteiger partial charge is 0.161 e. The number of hydrogen-bond donors (Lipinski definition) is 1. The molecule has 6 nitrogen and oxygen atoms in total. The zero-order valence-electron chi connectivity index (χ0n) is 16.5. The van der Waals surface area contributed by atoms with Crippen LogP contribution in [0.4, 0.5) is 0 Å². The van der Waals surface area contributed by atoms with Gasteiger partial charge in [-0.15, -0.1) is 0 Å². The van der Waals surface area contributed by atoms with Gasteiger partial charge in [-0.05, 0) is 23.3 Å². The fraction of sp³-hybridized carbons (Fsp3) is 0.391. The summed E-state index contributed by atoms with van der Waals surface area (Å²) >= 11 is 0. The summed E-state index contributed by atoms with van der Waals surface area (Å²) in [6, 6.07) is 15.2. The van der Waals surface area contributed by atoms with Crippen molar-refractivity contribution in [2.24, 2.45) is 0 Å². The van der Waals surface area contributed by atoms with Crippen molar-refractivity contribution in [3.63, 3.8) is 0 Å². The van der Waals surface area contributed by atoms with Crippen LogP contribution in [0.15, 0.2) is 54.6 Å². The molecule has 0 aromatic heterocycles. The van der Waals surface area contributed by atoms with Gasteiger partial charge in [0.25, 0.3) is 0 Å². The van der Waals surface area contributed by atoms with Crippen molar-refractivity contribution < 1.29 is 28.8 Å². The van der Waals surface area contributed by atoms with E-state index in [9.17, 15) is 5.11 Å². The summed E-state index contributed by atoms with van der Waals surface area (Å²) in [4.78, 5) is 0. The fourth-order valence-electron chi connectivity index (χ4n) is 2.79. The highest BCUT2D eigenvalue weighted by Gasteiger charge is 2.08. The van der Waals surface area contributed by atoms with E-state index in [0.29, 0.717) is 64.4 Å². The molecule has 6 heteroatoms. The van der Waals surface area contributed by atoms with Crippen molar-refractivity contribution >= 4 is 6.08 Å². The maximum Gasteiger partial charge on any atom is 0.161 e. The summed E-state index contributed by atoms with van der Waals surface area (Å²) in [5.41, 5.74) is 1.75. The number of fused-ring (bicyclic) bond motifs is 1. The fourth-order valence-corrected chi connectivity index (χ4v) is 2.79. The van der Waals surface area contributed by atoms with Crippen LogP contribution >= 0.6 is 0 Å². The SMILES string of the molecule is OC(C=Cc1ccc2c(c1)OCCOCCOCCOCCO2)c1ccccc1. The minimum absolute atomic E-state index is 0.409. The molecule has 0 radical (unpaired) electrons. The molecule has 0 bridgehead atoms. The predicted octanol–water partition coefficient (Wildman–Crippen LogP) is 3.25. The highest BCUT2D eigenvalue weighted by molar-refractivity contribution is 5.56. The van der Waals surface area contributed by atoms with Crippen molar-refractivity contribution in [2.45, 2.75) is 6.10 Å². The van der Waals surface area contributed by atoms with Crippen molar-refractivity contribution in [3.05, 3.63) is 65.7 Å². The molecular formula is C23H28O6. The lowest BCUT2D eigenvalue weighted by Gasteiger charge is -2.14. The van der Waals surface area contributed by atoms with Gasteiger partial charge >= 0.3 is 0 Å². The summed E-state index contributed by atoms with van der Waals surface area (Å²) in [5.74, 6) is 1.29. The monoisotopic (exact) mass is 400 g/mol. The zero-order chi connectivity index (χ0) is 20.2. The van der Waals surface area contributed by atoms with E-state index in [1.807, 2.05) is 54.6 Å². The molecule has 0 saturated carbocycles. The molecule has 1 unspecified atom stereocenters. The van der Waals surface area contributed by atoms with Gasteiger partial charge in [-0.2, -0.15) is 0 Å². The van der Waals surface area contributed by atoms with E-state index in [2.05, 4.69) is 0 Å². The quantitative estimate of drug-likeness (QED) is 0.853. The normalized spacial score (nSPS) is 18.0. The average molecular weight is 400 g/mol. The van der Waals surface area contributed by atoms with Crippen LogP contribution in [0.25, 0.3) is 6.08 Å². The van der Waals surface area contributed by atoms with Crippen LogP contribution in [0.5, 0.6) is 11.5 Å². The Morgan fingerprint density at radius 1 is 0.690 bits per heavy atom. The first-order valence-electron chi connectivity index (χ1n) is 9.87. The van der Waals surface area contributed by atoms with E-state index < -0.39 is 6.10 Å². The van der Waals surface area contributed by atoms with Crippen LogP contribution in [0, 0.1) is 0 Å². The molecule has 1 atom stereocenters. The van der Waals surface area contributed by atoms with Gasteiger partial charge in [0.05, 0.1) is 45.7 Å². The summed E-state index contributed by atoms with van der Waals surface area (Å²) in [6.45, 7) is 3.90. The Bertz CT molecular complexity index is 746. The van der Waals surface area contributed by atoms with E-state index in [1.165, 1.54) is 0 Å². The lowest BCUT2D eigenvalue weighted by molar-refractivity contribution is 0.00708. The number of benzene rings is 2. The third-order valence-corrected chi connectivity index (χ3v) is 4.29. The second-order valence-corrected chi connectivity index (χ2v) is 6.45. The molecule has 3 rings (SSSR count). The third-order valence-electron chi connectivity index (χ3n) is 4.29. The van der Waals surface area contributed by atoms with Crippen molar-refractivity contribution in [3.8, 4) is 11.5 Å². The van der Waals surface area contributed by atoms with Crippen molar-refractivity contribution in [1.29, 1.82) is 0 Å². The van der Waals surface area contributed by atoms with E-state index in [-0.39, 0.29) is 0 Å². The highest BCUT2D eigenvalue weighted by atomic mass is 16.6. The number of aliphatic hydroxyl groups excluding tert-OH is 1. The van der Waals surface area contributed by atoms with Crippen molar-refractivity contribution in [2.75, 3.05) is 52.9 Å². The topological polar surface area (TPSA) is 66.4 Å². The lowest BCUT2D eigenvalue weighted by Crippen LogP contribution is -2.13. The molecule has 1 N–H and O–H groups in total. The van der Waals surface area contributed by atoms with Crippen LogP contribution < -0.4 is 9.47 Å². The summed E-state index contributed by atoms with van der Waals surface area (Å²) in [5, 5.41) is 10.3. The first-order valence-corrected chi connectivity index (χ1v) is 9.87. The Balaban J connectivity index is 1.66. The van der Waals surface area contributed by atoms with Crippen LogP contribution in [0.3, 0.4) is 0 Å². The Morgan fingerprint density at radius 3 is 1.93 bits per heavy atom. The van der Waals surface area contributed by atoms with E-state index >= 15 is 0 Å². The van der Waals surface area contributed by atoms with E-state index in [4.69, 9.17) is 23.7 Å². The minimum Gasteiger partial charge on any atom is -0.487 e. The van der Waals surface area contributed by atoms with Gasteiger partial charge in [-0.25, -0.2) is 0 Å². The van der Waals surface area contributed by atoms with Crippen molar-refractivity contribution in [1.82, 2.24) is 0 Å². The Hall–Kier alpha value is -2.38. The zero-order valence-corrected chi connectivity index (χ0v) is 16.5. The second-order valence-electron chi connectivity index (χ2n) is 6.45. The predicted molar refractivity (Wildman–Crippen MR) is 110 cm³/mol. The van der Waals surface area contributed by atoms with Gasteiger partial charge in [-0.1, -0.05) is 48.6 Å². The van der Waals surface area contributed by atoms with Gasteiger partial charge in [0.1, 0.15) is 13.2 Å². The van der Waals surface area contributed by atoms with Gasteiger partial charge < -0.3 is 28.8 Å². The molecule has 0 aliphatic carbocycles. The molecule has 2 aromatic rings. The molecule has 0 saturated heterocycles. The summed E-state index contributed by atoms with van der Waals surface area (Å²) in [6.07, 6.45) is 2.95. The standard InChI is InChI=1S/C23H28O6/c24-21(20-4-2-1-3-5-20)8-6-19-7-9-22-23(18-19)29-17-15-27-13-11-25-10-12-26-14-16-28-22/h1-9,18,21,24H,10-17H2. The van der Waals surface area contributed by atoms with Crippen LogP contribution in [0.2, 0.25) is 0 Å². The Labute approximate surface area is 171 Å². The maximum absolute atomic E-state index is 10.3. The number of aliphatic hydroxyl groups is 1. The Kier molecular flexibility index (Phi) is 9.00. The van der Waals surface area contributed by atoms with Crippen LogP contribution in [-0.4, -0.2) is 58.0 Å². The van der Waals surface area contributed by atoms with Gasteiger partial charge in [-0.3, -0.25) is 0 Å². The molecule has 1 aliphatic heterocycles. The summed E-state index contributed by atoms with van der Waals surface area (Å²) < 4.78 is 28.1. The van der Waals surface area contributed by atoms with E-state index in [0.717, 1.165) is 11.1 Å². The summed E-state index contributed by atoms with van der Waals surface area (Å²) in [7, 11) is 0. The molecule has 0 spiro atoms. The second kappa shape index (κ2) is 12.2. The van der Waals surface area contributed by atoms with Gasteiger partial charge in [0.2, 0.25) is 0 Å². The van der Waals surface area contributed by atoms with Gasteiger partial charge in [0.15, 0.2) is 11.5 Å². The minimum atomic E-state index is -0.668. The van der Waals surface area contributed by atoms with Crippen LogP contribution in [-0.2, 0) is 14.2 Å². The Morgan fingerprint density at radius 2 is 1.28 bits per heavy atom. The first kappa shape index (κ1) is 21.3. The molecule has 1 aliphatic rings. The van der Waals surface area contributed by atoms with E-state index in [1.54, 1.807) is 6.08 Å². The molecular weight excluding hydrogens is 372 g/mol.